The van der Waals surface area contributed by atoms with Gasteiger partial charge in [-0.2, -0.15) is 0 Å². The summed E-state index contributed by atoms with van der Waals surface area (Å²) in [4.78, 5) is 33.0. The number of ketones is 1. The number of hydrogen-bond acceptors (Lipinski definition) is 7. The van der Waals surface area contributed by atoms with Gasteiger partial charge in [0.1, 0.15) is 13.2 Å². The second kappa shape index (κ2) is 22.5. The fourth-order valence-electron chi connectivity index (χ4n) is 1.52. The Morgan fingerprint density at radius 2 is 1.11 bits per heavy atom. The van der Waals surface area contributed by atoms with Crippen molar-refractivity contribution < 1.29 is 33.3 Å². The molecule has 9 nitrogen and oxygen atoms in total. The highest BCUT2D eigenvalue weighted by Gasteiger charge is 2.01. The van der Waals surface area contributed by atoms with Gasteiger partial charge in [-0.1, -0.05) is 20.8 Å². The molecule has 0 fully saturated rings. The maximum Gasteiger partial charge on any atom is 0.246 e. The van der Waals surface area contributed by atoms with Gasteiger partial charge in [0.2, 0.25) is 11.8 Å². The standard InChI is InChI=1S/C16H30N2O7.C2H6/c1-3-15(20)17-4-6-22-9-11-25-13-16(21)18-5-7-23-8-10-24-12-14(2)19;1-2/h3-13H2,1-2H3,(H,17,20)(H,18,21);1-2H3. The van der Waals surface area contributed by atoms with Gasteiger partial charge in [0, 0.05) is 19.5 Å². The minimum absolute atomic E-state index is 0.0101. The molecule has 0 aromatic heterocycles. The average Bonchev–Trinajstić information content (AvgIpc) is 2.67. The van der Waals surface area contributed by atoms with Crippen LogP contribution in [0, 0.1) is 0 Å². The summed E-state index contributed by atoms with van der Waals surface area (Å²) in [6, 6.07) is 0. The number of carbonyl (C=O) groups excluding carboxylic acids is 3. The van der Waals surface area contributed by atoms with Gasteiger partial charge >= 0.3 is 0 Å². The molecular weight excluding hydrogens is 356 g/mol. The molecule has 2 N–H and O–H groups in total. The van der Waals surface area contributed by atoms with Crippen molar-refractivity contribution in [2.45, 2.75) is 34.1 Å². The van der Waals surface area contributed by atoms with Crippen LogP contribution in [0.25, 0.3) is 0 Å². The van der Waals surface area contributed by atoms with Crippen molar-refractivity contribution in [2.75, 3.05) is 65.9 Å². The summed E-state index contributed by atoms with van der Waals surface area (Å²) >= 11 is 0. The Kier molecular flexibility index (Phi) is 23.0. The molecule has 0 aromatic carbocycles. The molecule has 0 saturated heterocycles. The first-order valence-corrected chi connectivity index (χ1v) is 9.40. The van der Waals surface area contributed by atoms with Crippen LogP contribution in [0.15, 0.2) is 0 Å². The van der Waals surface area contributed by atoms with E-state index in [1.807, 2.05) is 13.8 Å². The van der Waals surface area contributed by atoms with E-state index in [0.717, 1.165) is 0 Å². The largest absolute Gasteiger partial charge is 0.377 e. The Labute approximate surface area is 162 Å². The number of carbonyl (C=O) groups is 3. The molecular formula is C18H36N2O7. The smallest absolute Gasteiger partial charge is 0.246 e. The van der Waals surface area contributed by atoms with Crippen molar-refractivity contribution in [3.05, 3.63) is 0 Å². The minimum Gasteiger partial charge on any atom is -0.377 e. The number of hydrogen-bond donors (Lipinski definition) is 2. The van der Waals surface area contributed by atoms with Crippen molar-refractivity contribution in [2.24, 2.45) is 0 Å². The van der Waals surface area contributed by atoms with Gasteiger partial charge < -0.3 is 29.6 Å². The average molecular weight is 392 g/mol. The molecule has 0 rings (SSSR count). The van der Waals surface area contributed by atoms with Crippen LogP contribution in [-0.2, 0) is 33.3 Å². The maximum atomic E-state index is 11.5. The highest BCUT2D eigenvalue weighted by molar-refractivity contribution is 5.77. The molecule has 0 heterocycles. The van der Waals surface area contributed by atoms with Crippen LogP contribution in [0.2, 0.25) is 0 Å². The Morgan fingerprint density at radius 1 is 0.667 bits per heavy atom. The molecule has 27 heavy (non-hydrogen) atoms. The fraction of sp³-hybridized carbons (Fsp3) is 0.833. The number of rotatable bonds is 17. The van der Waals surface area contributed by atoms with Crippen molar-refractivity contribution >= 4 is 17.6 Å². The predicted molar refractivity (Wildman–Crippen MR) is 102 cm³/mol. The van der Waals surface area contributed by atoms with E-state index in [1.165, 1.54) is 6.92 Å². The highest BCUT2D eigenvalue weighted by atomic mass is 16.5. The van der Waals surface area contributed by atoms with E-state index < -0.39 is 0 Å². The number of nitrogens with one attached hydrogen (secondary N) is 2. The van der Waals surface area contributed by atoms with Crippen molar-refractivity contribution in [1.82, 2.24) is 10.6 Å². The van der Waals surface area contributed by atoms with Crippen LogP contribution < -0.4 is 10.6 Å². The Morgan fingerprint density at radius 3 is 1.59 bits per heavy atom. The third-order valence-electron chi connectivity index (χ3n) is 2.74. The summed E-state index contributed by atoms with van der Waals surface area (Å²) in [5, 5.41) is 5.34. The lowest BCUT2D eigenvalue weighted by molar-refractivity contribution is -0.127. The minimum atomic E-state index is -0.230. The second-order valence-corrected chi connectivity index (χ2v) is 5.09. The molecule has 0 radical (unpaired) electrons. The third-order valence-corrected chi connectivity index (χ3v) is 2.74. The third kappa shape index (κ3) is 24.4. The molecule has 0 unspecified atom stereocenters. The highest BCUT2D eigenvalue weighted by Crippen LogP contribution is 1.82. The van der Waals surface area contributed by atoms with E-state index in [1.54, 1.807) is 6.92 Å². The fourth-order valence-corrected chi connectivity index (χ4v) is 1.52. The van der Waals surface area contributed by atoms with E-state index in [0.29, 0.717) is 59.2 Å². The first-order chi connectivity index (χ1) is 13.1. The zero-order valence-corrected chi connectivity index (χ0v) is 17.1. The van der Waals surface area contributed by atoms with Crippen LogP contribution in [0.3, 0.4) is 0 Å². The zero-order chi connectivity index (χ0) is 20.8. The van der Waals surface area contributed by atoms with Crippen LogP contribution in [0.1, 0.15) is 34.1 Å². The molecule has 9 heteroatoms. The number of amides is 2. The zero-order valence-electron chi connectivity index (χ0n) is 17.1. The van der Waals surface area contributed by atoms with Gasteiger partial charge in [0.05, 0.1) is 39.6 Å². The molecule has 0 aromatic rings. The molecule has 0 spiro atoms. The topological polar surface area (TPSA) is 112 Å². The molecule has 0 aliphatic heterocycles. The molecule has 0 bridgehead atoms. The van der Waals surface area contributed by atoms with Gasteiger partial charge in [-0.05, 0) is 6.92 Å². The Balaban J connectivity index is 0. The van der Waals surface area contributed by atoms with Crippen molar-refractivity contribution in [1.29, 1.82) is 0 Å². The summed E-state index contributed by atoms with van der Waals surface area (Å²) in [5.41, 5.74) is 0. The van der Waals surface area contributed by atoms with E-state index in [9.17, 15) is 14.4 Å². The summed E-state index contributed by atoms with van der Waals surface area (Å²) in [7, 11) is 0. The molecule has 0 aliphatic rings. The van der Waals surface area contributed by atoms with Gasteiger partial charge in [0.25, 0.3) is 0 Å². The van der Waals surface area contributed by atoms with E-state index in [-0.39, 0.29) is 30.8 Å². The normalized spacial score (nSPS) is 9.93. The molecule has 0 aliphatic carbocycles. The second-order valence-electron chi connectivity index (χ2n) is 5.09. The Hall–Kier alpha value is -1.55. The van der Waals surface area contributed by atoms with Gasteiger partial charge in [-0.25, -0.2) is 0 Å². The first-order valence-electron chi connectivity index (χ1n) is 9.40. The lowest BCUT2D eigenvalue weighted by Crippen LogP contribution is -2.31. The van der Waals surface area contributed by atoms with E-state index in [4.69, 9.17) is 18.9 Å². The maximum absolute atomic E-state index is 11.5. The van der Waals surface area contributed by atoms with E-state index >= 15 is 0 Å². The van der Waals surface area contributed by atoms with Crippen molar-refractivity contribution in [3.63, 3.8) is 0 Å². The first kappa shape index (κ1) is 27.7. The SMILES string of the molecule is CC.CCC(=O)NCCOCCOCC(=O)NCCOCCOCC(C)=O. The van der Waals surface area contributed by atoms with Gasteiger partial charge in [-0.15, -0.1) is 0 Å². The van der Waals surface area contributed by atoms with Crippen LogP contribution in [-0.4, -0.2) is 83.5 Å². The van der Waals surface area contributed by atoms with Gasteiger partial charge in [0.15, 0.2) is 5.78 Å². The van der Waals surface area contributed by atoms with Crippen LogP contribution in [0.5, 0.6) is 0 Å². The monoisotopic (exact) mass is 392 g/mol. The number of ether oxygens (including phenoxy) is 4. The predicted octanol–water partition coefficient (Wildman–Crippen LogP) is 0.310. The lowest BCUT2D eigenvalue weighted by atomic mass is 10.4. The summed E-state index contributed by atoms with van der Waals surface area (Å²) in [5.74, 6) is -0.267. The molecule has 2 amide bonds. The summed E-state index contributed by atoms with van der Waals surface area (Å²) < 4.78 is 20.7. The summed E-state index contributed by atoms with van der Waals surface area (Å²) in [6.45, 7) is 10.3. The van der Waals surface area contributed by atoms with Crippen LogP contribution in [0.4, 0.5) is 0 Å². The molecule has 0 saturated carbocycles. The number of Topliss-reactive ketones (excluding diaryl/α,β-unsaturated/α-hetero) is 1. The summed E-state index contributed by atoms with van der Waals surface area (Å²) in [6.07, 6.45) is 0.455. The van der Waals surface area contributed by atoms with Crippen molar-refractivity contribution in [3.8, 4) is 0 Å². The van der Waals surface area contributed by atoms with E-state index in [2.05, 4.69) is 10.6 Å². The van der Waals surface area contributed by atoms with Crippen LogP contribution >= 0.6 is 0 Å². The van der Waals surface area contributed by atoms with Gasteiger partial charge in [-0.3, -0.25) is 14.4 Å². The molecule has 0 atom stereocenters. The quantitative estimate of drug-likeness (QED) is 0.343. The molecule has 160 valence electrons. The Bertz CT molecular complexity index is 379. The lowest BCUT2D eigenvalue weighted by Gasteiger charge is -2.08.